The highest BCUT2D eigenvalue weighted by Gasteiger charge is 2.31. The Labute approximate surface area is 122 Å². The highest BCUT2D eigenvalue weighted by Crippen LogP contribution is 2.33. The molecule has 0 bridgehead atoms. The number of methoxy groups -OCH3 is 1. The van der Waals surface area contributed by atoms with Gasteiger partial charge in [-0.3, -0.25) is 0 Å². The fourth-order valence-corrected chi connectivity index (χ4v) is 2.59. The van der Waals surface area contributed by atoms with Crippen molar-refractivity contribution in [3.8, 4) is 0 Å². The molecule has 0 saturated heterocycles. The van der Waals surface area contributed by atoms with E-state index < -0.39 is 0 Å². The van der Waals surface area contributed by atoms with E-state index in [0.29, 0.717) is 6.04 Å². The summed E-state index contributed by atoms with van der Waals surface area (Å²) >= 11 is 0. The molecule has 0 atom stereocenters. The van der Waals surface area contributed by atoms with Gasteiger partial charge in [-0.25, -0.2) is 4.98 Å². The first kappa shape index (κ1) is 15.3. The molecule has 1 fully saturated rings. The molecule has 1 aliphatic rings. The van der Waals surface area contributed by atoms with Crippen LogP contribution >= 0.6 is 0 Å². The van der Waals surface area contributed by atoms with E-state index in [0.717, 1.165) is 37.8 Å². The Morgan fingerprint density at radius 3 is 2.75 bits per heavy atom. The predicted octanol–water partition coefficient (Wildman–Crippen LogP) is 2.42. The molecule has 0 radical (unpaired) electrons. The smallest absolute Gasteiger partial charge is 0.133 e. The highest BCUT2D eigenvalue weighted by atomic mass is 16.5. The Morgan fingerprint density at radius 1 is 1.40 bits per heavy atom. The molecule has 4 heteroatoms. The summed E-state index contributed by atoms with van der Waals surface area (Å²) < 4.78 is 5.27. The van der Waals surface area contributed by atoms with Crippen LogP contribution in [0.3, 0.4) is 0 Å². The van der Waals surface area contributed by atoms with Gasteiger partial charge in [-0.1, -0.05) is 6.92 Å². The number of aromatic nitrogens is 1. The molecule has 2 rings (SSSR count). The zero-order chi connectivity index (χ0) is 14.5. The monoisotopic (exact) mass is 277 g/mol. The average Bonchev–Trinajstić information content (AvgIpc) is 3.22. The number of hydrogen-bond acceptors (Lipinski definition) is 4. The Morgan fingerprint density at radius 2 is 2.15 bits per heavy atom. The fourth-order valence-electron chi connectivity index (χ4n) is 2.59. The number of hydrogen-bond donors (Lipinski definition) is 1. The summed E-state index contributed by atoms with van der Waals surface area (Å²) in [6.07, 6.45) is 2.55. The van der Waals surface area contributed by atoms with Gasteiger partial charge in [0.2, 0.25) is 0 Å². The summed E-state index contributed by atoms with van der Waals surface area (Å²) in [5.74, 6) is 1.16. The van der Waals surface area contributed by atoms with Gasteiger partial charge in [-0.2, -0.15) is 0 Å². The molecule has 0 unspecified atom stereocenters. The summed E-state index contributed by atoms with van der Waals surface area (Å²) in [6.45, 7) is 9.96. The predicted molar refractivity (Wildman–Crippen MR) is 83.3 cm³/mol. The van der Waals surface area contributed by atoms with Crippen LogP contribution in [0.2, 0.25) is 0 Å². The Bertz CT molecular complexity index is 444. The lowest BCUT2D eigenvalue weighted by atomic mass is 10.1. The van der Waals surface area contributed by atoms with Crippen molar-refractivity contribution in [3.63, 3.8) is 0 Å². The van der Waals surface area contributed by atoms with E-state index in [9.17, 15) is 0 Å². The van der Waals surface area contributed by atoms with E-state index in [2.05, 4.69) is 37.1 Å². The third-order valence-electron chi connectivity index (χ3n) is 3.80. The first-order valence-corrected chi connectivity index (χ1v) is 7.60. The normalized spacial score (nSPS) is 14.6. The van der Waals surface area contributed by atoms with Gasteiger partial charge in [0.25, 0.3) is 0 Å². The maximum absolute atomic E-state index is 5.27. The summed E-state index contributed by atoms with van der Waals surface area (Å²) in [7, 11) is 1.76. The largest absolute Gasteiger partial charge is 0.383 e. The molecular formula is C16H27N3O. The van der Waals surface area contributed by atoms with Crippen molar-refractivity contribution in [1.82, 2.24) is 10.3 Å². The summed E-state index contributed by atoms with van der Waals surface area (Å²) in [5.41, 5.74) is 3.76. The van der Waals surface area contributed by atoms with Crippen LogP contribution in [0.15, 0.2) is 6.07 Å². The number of rotatable bonds is 8. The lowest BCUT2D eigenvalue weighted by molar-refractivity contribution is 0.204. The third-order valence-corrected chi connectivity index (χ3v) is 3.80. The molecule has 1 saturated carbocycles. The molecule has 0 spiro atoms. The molecule has 0 amide bonds. The van der Waals surface area contributed by atoms with Crippen molar-refractivity contribution in [3.05, 3.63) is 22.9 Å². The van der Waals surface area contributed by atoms with Crippen molar-refractivity contribution in [2.24, 2.45) is 0 Å². The first-order valence-electron chi connectivity index (χ1n) is 7.60. The van der Waals surface area contributed by atoms with Crippen molar-refractivity contribution >= 4 is 5.82 Å². The minimum absolute atomic E-state index is 0.652. The quantitative estimate of drug-likeness (QED) is 0.792. The van der Waals surface area contributed by atoms with E-state index >= 15 is 0 Å². The standard InChI is InChI=1S/C16H27N3O/c1-5-17-11-15-12(2)10-13(3)18-16(15)19(8-9-20-4)14-6-7-14/h10,14,17H,5-9,11H2,1-4H3. The van der Waals surface area contributed by atoms with E-state index in [1.165, 1.54) is 24.0 Å². The van der Waals surface area contributed by atoms with Crippen LogP contribution in [0.5, 0.6) is 0 Å². The number of anilines is 1. The van der Waals surface area contributed by atoms with Crippen LogP contribution in [0, 0.1) is 13.8 Å². The minimum Gasteiger partial charge on any atom is -0.383 e. The van der Waals surface area contributed by atoms with Crippen molar-refractivity contribution in [1.29, 1.82) is 0 Å². The average molecular weight is 277 g/mol. The van der Waals surface area contributed by atoms with Gasteiger partial charge >= 0.3 is 0 Å². The first-order chi connectivity index (χ1) is 9.67. The Kier molecular flexibility index (Phi) is 5.38. The second-order valence-corrected chi connectivity index (χ2v) is 5.58. The highest BCUT2D eigenvalue weighted by molar-refractivity contribution is 5.53. The maximum Gasteiger partial charge on any atom is 0.133 e. The molecule has 1 heterocycles. The number of aryl methyl sites for hydroxylation is 2. The zero-order valence-corrected chi connectivity index (χ0v) is 13.2. The van der Waals surface area contributed by atoms with Gasteiger partial charge in [0.15, 0.2) is 0 Å². The third kappa shape index (κ3) is 3.70. The summed E-state index contributed by atoms with van der Waals surface area (Å²) in [6, 6.07) is 2.83. The van der Waals surface area contributed by atoms with Crippen LogP contribution in [-0.2, 0) is 11.3 Å². The minimum atomic E-state index is 0.652. The van der Waals surface area contributed by atoms with E-state index in [4.69, 9.17) is 9.72 Å². The topological polar surface area (TPSA) is 37.4 Å². The van der Waals surface area contributed by atoms with Gasteiger partial charge in [0.05, 0.1) is 6.61 Å². The Hall–Kier alpha value is -1.13. The van der Waals surface area contributed by atoms with Crippen LogP contribution in [0.1, 0.15) is 36.6 Å². The van der Waals surface area contributed by atoms with Crippen LogP contribution in [0.4, 0.5) is 5.82 Å². The van der Waals surface area contributed by atoms with Crippen LogP contribution < -0.4 is 10.2 Å². The molecule has 112 valence electrons. The van der Waals surface area contributed by atoms with Crippen molar-refractivity contribution in [2.75, 3.05) is 31.7 Å². The molecule has 1 N–H and O–H groups in total. The molecule has 1 aromatic heterocycles. The van der Waals surface area contributed by atoms with Crippen LogP contribution in [-0.4, -0.2) is 37.8 Å². The van der Waals surface area contributed by atoms with Crippen molar-refractivity contribution in [2.45, 2.75) is 46.2 Å². The molecule has 0 aliphatic heterocycles. The van der Waals surface area contributed by atoms with Gasteiger partial charge in [-0.15, -0.1) is 0 Å². The maximum atomic E-state index is 5.27. The second kappa shape index (κ2) is 7.04. The van der Waals surface area contributed by atoms with Crippen molar-refractivity contribution < 1.29 is 4.74 Å². The molecular weight excluding hydrogens is 250 g/mol. The number of ether oxygens (including phenoxy) is 1. The second-order valence-electron chi connectivity index (χ2n) is 5.58. The van der Waals surface area contributed by atoms with E-state index in [-0.39, 0.29) is 0 Å². The summed E-state index contributed by atoms with van der Waals surface area (Å²) in [5, 5.41) is 3.44. The Balaban J connectivity index is 2.30. The molecule has 0 aromatic carbocycles. The van der Waals surface area contributed by atoms with Crippen LogP contribution in [0.25, 0.3) is 0 Å². The molecule has 1 aliphatic carbocycles. The SMILES string of the molecule is CCNCc1c(C)cc(C)nc1N(CCOC)C1CC1. The molecule has 1 aromatic rings. The van der Waals surface area contributed by atoms with Gasteiger partial charge < -0.3 is 15.0 Å². The van der Waals surface area contributed by atoms with Gasteiger partial charge in [-0.05, 0) is 44.9 Å². The molecule has 20 heavy (non-hydrogen) atoms. The van der Waals surface area contributed by atoms with Gasteiger partial charge in [0.1, 0.15) is 5.82 Å². The fraction of sp³-hybridized carbons (Fsp3) is 0.688. The van der Waals surface area contributed by atoms with Gasteiger partial charge in [0, 0.05) is 37.5 Å². The zero-order valence-electron chi connectivity index (χ0n) is 13.2. The lowest BCUT2D eigenvalue weighted by Crippen LogP contribution is -2.32. The van der Waals surface area contributed by atoms with E-state index in [1.807, 2.05) is 0 Å². The number of nitrogens with zero attached hydrogens (tertiary/aromatic N) is 2. The number of nitrogens with one attached hydrogen (secondary N) is 1. The van der Waals surface area contributed by atoms with E-state index in [1.54, 1.807) is 7.11 Å². The number of pyridine rings is 1. The molecule has 4 nitrogen and oxygen atoms in total. The summed E-state index contributed by atoms with van der Waals surface area (Å²) in [4.78, 5) is 7.27. The lowest BCUT2D eigenvalue weighted by Gasteiger charge is -2.27.